The average Bonchev–Trinajstić information content (AvgIpc) is 2.99. The SMILES string of the molecule is O=C(Nc1ccncn1)N1CCCCNc2ccc(N3CCCNCC3)nc21. The van der Waals surface area contributed by atoms with Crippen LogP contribution in [-0.2, 0) is 0 Å². The fourth-order valence-electron chi connectivity index (χ4n) is 3.50. The maximum atomic E-state index is 13.0. The van der Waals surface area contributed by atoms with Gasteiger partial charge in [-0.3, -0.25) is 10.2 Å². The van der Waals surface area contributed by atoms with Gasteiger partial charge in [0.25, 0.3) is 0 Å². The van der Waals surface area contributed by atoms with Crippen LogP contribution in [0.25, 0.3) is 0 Å². The normalized spacial score (nSPS) is 17.6. The van der Waals surface area contributed by atoms with Crippen molar-refractivity contribution in [2.45, 2.75) is 19.3 Å². The van der Waals surface area contributed by atoms with E-state index in [9.17, 15) is 4.79 Å². The van der Waals surface area contributed by atoms with Gasteiger partial charge in [-0.25, -0.2) is 19.7 Å². The van der Waals surface area contributed by atoms with Crippen LogP contribution in [0.5, 0.6) is 0 Å². The summed E-state index contributed by atoms with van der Waals surface area (Å²) in [5.41, 5.74) is 0.884. The minimum absolute atomic E-state index is 0.231. The zero-order valence-corrected chi connectivity index (χ0v) is 15.9. The molecule has 2 aliphatic heterocycles. The maximum absolute atomic E-state index is 13.0. The first-order chi connectivity index (χ1) is 13.8. The smallest absolute Gasteiger partial charge is 0.328 e. The van der Waals surface area contributed by atoms with Gasteiger partial charge in [0.05, 0.1) is 5.69 Å². The lowest BCUT2D eigenvalue weighted by Gasteiger charge is -2.29. The van der Waals surface area contributed by atoms with Crippen LogP contribution in [0.15, 0.2) is 30.7 Å². The van der Waals surface area contributed by atoms with Crippen LogP contribution < -0.4 is 25.8 Å². The highest BCUT2D eigenvalue weighted by atomic mass is 16.2. The van der Waals surface area contributed by atoms with Crippen molar-refractivity contribution >= 4 is 29.2 Å². The van der Waals surface area contributed by atoms with E-state index in [0.29, 0.717) is 18.2 Å². The van der Waals surface area contributed by atoms with Crippen LogP contribution in [-0.4, -0.2) is 60.3 Å². The van der Waals surface area contributed by atoms with Crippen LogP contribution in [0.3, 0.4) is 0 Å². The molecule has 2 aromatic heterocycles. The number of carbonyl (C=O) groups is 1. The number of hydrogen-bond donors (Lipinski definition) is 3. The molecule has 2 aromatic rings. The summed E-state index contributed by atoms with van der Waals surface area (Å²) in [7, 11) is 0. The predicted molar refractivity (Wildman–Crippen MR) is 110 cm³/mol. The Bertz CT molecular complexity index is 792. The second-order valence-corrected chi connectivity index (χ2v) is 6.94. The summed E-state index contributed by atoms with van der Waals surface area (Å²) in [4.78, 5) is 29.9. The number of anilines is 4. The lowest BCUT2D eigenvalue weighted by molar-refractivity contribution is 0.256. The quantitative estimate of drug-likeness (QED) is 0.730. The van der Waals surface area contributed by atoms with Gasteiger partial charge in [-0.1, -0.05) is 0 Å². The second kappa shape index (κ2) is 8.83. The van der Waals surface area contributed by atoms with Gasteiger partial charge in [0.15, 0.2) is 5.82 Å². The molecule has 9 nitrogen and oxygen atoms in total. The highest BCUT2D eigenvalue weighted by Crippen LogP contribution is 2.29. The molecule has 1 saturated heterocycles. The highest BCUT2D eigenvalue weighted by Gasteiger charge is 2.24. The molecule has 0 bridgehead atoms. The number of rotatable bonds is 2. The fraction of sp³-hybridized carbons (Fsp3) is 0.474. The largest absolute Gasteiger partial charge is 0.382 e. The van der Waals surface area contributed by atoms with Gasteiger partial charge in [-0.15, -0.1) is 0 Å². The third kappa shape index (κ3) is 4.30. The molecule has 3 N–H and O–H groups in total. The minimum Gasteiger partial charge on any atom is -0.382 e. The average molecular weight is 382 g/mol. The van der Waals surface area contributed by atoms with Crippen LogP contribution in [0.2, 0.25) is 0 Å². The van der Waals surface area contributed by atoms with E-state index in [2.05, 4.69) is 30.8 Å². The number of fused-ring (bicyclic) bond motifs is 1. The number of nitrogens with zero attached hydrogens (tertiary/aromatic N) is 5. The van der Waals surface area contributed by atoms with Crippen molar-refractivity contribution in [2.24, 2.45) is 0 Å². The fourth-order valence-corrected chi connectivity index (χ4v) is 3.50. The summed E-state index contributed by atoms with van der Waals surface area (Å²) < 4.78 is 0. The molecule has 4 rings (SSSR count). The van der Waals surface area contributed by atoms with Gasteiger partial charge in [0.1, 0.15) is 18.0 Å². The molecule has 0 unspecified atom stereocenters. The lowest BCUT2D eigenvalue weighted by Crippen LogP contribution is -2.38. The monoisotopic (exact) mass is 382 g/mol. The third-order valence-corrected chi connectivity index (χ3v) is 4.97. The number of aromatic nitrogens is 3. The third-order valence-electron chi connectivity index (χ3n) is 4.97. The zero-order valence-electron chi connectivity index (χ0n) is 15.9. The molecule has 0 radical (unpaired) electrons. The van der Waals surface area contributed by atoms with Gasteiger partial charge in [0, 0.05) is 38.9 Å². The van der Waals surface area contributed by atoms with Gasteiger partial charge in [-0.2, -0.15) is 0 Å². The molecule has 2 aliphatic rings. The Labute approximate surface area is 164 Å². The molecule has 0 saturated carbocycles. The summed E-state index contributed by atoms with van der Waals surface area (Å²) >= 11 is 0. The van der Waals surface area contributed by atoms with E-state index in [1.165, 1.54) is 6.33 Å². The number of urea groups is 1. The van der Waals surface area contributed by atoms with Crippen LogP contribution in [0.4, 0.5) is 27.9 Å². The molecule has 0 atom stereocenters. The molecular formula is C19H26N8O. The summed E-state index contributed by atoms with van der Waals surface area (Å²) in [6.07, 6.45) is 6.01. The van der Waals surface area contributed by atoms with Crippen molar-refractivity contribution in [3.8, 4) is 0 Å². The molecule has 4 heterocycles. The van der Waals surface area contributed by atoms with Gasteiger partial charge in [0.2, 0.25) is 0 Å². The Balaban J connectivity index is 1.62. The van der Waals surface area contributed by atoms with E-state index < -0.39 is 0 Å². The van der Waals surface area contributed by atoms with Crippen LogP contribution in [0.1, 0.15) is 19.3 Å². The Morgan fingerprint density at radius 1 is 1.04 bits per heavy atom. The van der Waals surface area contributed by atoms with E-state index in [1.54, 1.807) is 17.2 Å². The first kappa shape index (κ1) is 18.4. The molecule has 2 amide bonds. The first-order valence-electron chi connectivity index (χ1n) is 9.86. The Morgan fingerprint density at radius 3 is 2.89 bits per heavy atom. The molecule has 0 aliphatic carbocycles. The molecule has 1 fully saturated rings. The number of pyridine rings is 1. The molecule has 28 heavy (non-hydrogen) atoms. The van der Waals surface area contributed by atoms with E-state index in [-0.39, 0.29) is 6.03 Å². The number of carbonyl (C=O) groups excluding carboxylic acids is 1. The maximum Gasteiger partial charge on any atom is 0.328 e. The Morgan fingerprint density at radius 2 is 2.00 bits per heavy atom. The summed E-state index contributed by atoms with van der Waals surface area (Å²) in [6.45, 7) is 5.32. The highest BCUT2D eigenvalue weighted by molar-refractivity contribution is 6.02. The predicted octanol–water partition coefficient (Wildman–Crippen LogP) is 1.92. The van der Waals surface area contributed by atoms with E-state index in [1.807, 2.05) is 12.1 Å². The summed E-state index contributed by atoms with van der Waals surface area (Å²) in [5, 5.41) is 9.68. The van der Waals surface area contributed by atoms with Crippen molar-refractivity contribution in [2.75, 3.05) is 59.7 Å². The molecular weight excluding hydrogens is 356 g/mol. The summed E-state index contributed by atoms with van der Waals surface area (Å²) in [6, 6.07) is 5.52. The standard InChI is InChI=1S/C19H26N8O/c28-19(24-16-6-9-21-14-23-16)27-12-2-1-8-22-15-4-5-17(25-18(15)27)26-11-3-7-20-10-13-26/h4-6,9,14,20,22H,1-3,7-8,10-13H2,(H,21,23,24,28). The number of hydrogen-bond acceptors (Lipinski definition) is 7. The zero-order chi connectivity index (χ0) is 19.2. The number of nitrogens with one attached hydrogen (secondary N) is 3. The summed E-state index contributed by atoms with van der Waals surface area (Å²) in [5.74, 6) is 2.05. The van der Waals surface area contributed by atoms with E-state index >= 15 is 0 Å². The van der Waals surface area contributed by atoms with Crippen molar-refractivity contribution in [1.29, 1.82) is 0 Å². The number of amides is 2. The van der Waals surface area contributed by atoms with Crippen molar-refractivity contribution in [3.05, 3.63) is 30.7 Å². The van der Waals surface area contributed by atoms with Crippen molar-refractivity contribution in [1.82, 2.24) is 20.3 Å². The minimum atomic E-state index is -0.231. The van der Waals surface area contributed by atoms with Gasteiger partial charge >= 0.3 is 6.03 Å². The van der Waals surface area contributed by atoms with Crippen molar-refractivity contribution in [3.63, 3.8) is 0 Å². The first-order valence-corrected chi connectivity index (χ1v) is 9.86. The van der Waals surface area contributed by atoms with E-state index in [0.717, 1.165) is 63.5 Å². The molecule has 9 heteroatoms. The molecule has 0 spiro atoms. The van der Waals surface area contributed by atoms with Crippen LogP contribution >= 0.6 is 0 Å². The van der Waals surface area contributed by atoms with E-state index in [4.69, 9.17) is 4.98 Å². The molecule has 148 valence electrons. The Kier molecular flexibility index (Phi) is 5.81. The molecule has 0 aromatic carbocycles. The Hall–Kier alpha value is -2.94. The van der Waals surface area contributed by atoms with Crippen molar-refractivity contribution < 1.29 is 4.79 Å². The second-order valence-electron chi connectivity index (χ2n) is 6.94. The van der Waals surface area contributed by atoms with Gasteiger partial charge in [-0.05, 0) is 44.0 Å². The van der Waals surface area contributed by atoms with Crippen LogP contribution in [0, 0.1) is 0 Å². The van der Waals surface area contributed by atoms with Gasteiger partial charge < -0.3 is 15.5 Å². The lowest BCUT2D eigenvalue weighted by atomic mass is 10.2. The topological polar surface area (TPSA) is 98.3 Å².